The number of hydrogen-bond donors (Lipinski definition) is 1. The first-order valence-electron chi connectivity index (χ1n) is 10.5. The second-order valence-corrected chi connectivity index (χ2v) is 9.27. The molecule has 5 nitrogen and oxygen atoms in total. The molecule has 1 unspecified atom stereocenters. The van der Waals surface area contributed by atoms with Gasteiger partial charge in [-0.3, -0.25) is 14.5 Å². The van der Waals surface area contributed by atoms with Gasteiger partial charge in [-0.05, 0) is 66.2 Å². The summed E-state index contributed by atoms with van der Waals surface area (Å²) in [6.45, 7) is 5.88. The molecule has 0 aliphatic carbocycles. The van der Waals surface area contributed by atoms with Crippen molar-refractivity contribution in [2.75, 3.05) is 4.90 Å². The summed E-state index contributed by atoms with van der Waals surface area (Å²) in [6.07, 6.45) is 0.270. The predicted octanol–water partition coefficient (Wildman–Crippen LogP) is 6.36. The van der Waals surface area contributed by atoms with E-state index in [-0.39, 0.29) is 23.7 Å². The minimum atomic E-state index is -0.641. The number of nitrogens with zero attached hydrogens (tertiary/aromatic N) is 1. The second kappa shape index (κ2) is 9.01. The molecule has 164 valence electrons. The molecule has 0 spiro atoms. The number of rotatable bonds is 7. The average Bonchev–Trinajstić information content (AvgIpc) is 3.35. The molecule has 0 saturated carbocycles. The van der Waals surface area contributed by atoms with Gasteiger partial charge in [0.25, 0.3) is 5.91 Å². The lowest BCUT2D eigenvalue weighted by Crippen LogP contribution is -2.30. The lowest BCUT2D eigenvalue weighted by Gasteiger charge is -2.26. The van der Waals surface area contributed by atoms with E-state index in [0.717, 1.165) is 16.2 Å². The Balaban J connectivity index is 1.66. The Bertz CT molecular complexity index is 1160. The lowest BCUT2D eigenvalue weighted by molar-refractivity contribution is -0.118. The largest absolute Gasteiger partial charge is 0.503 e. The van der Waals surface area contributed by atoms with Crippen molar-refractivity contribution in [3.05, 3.63) is 87.8 Å². The van der Waals surface area contributed by atoms with E-state index in [4.69, 9.17) is 4.74 Å². The van der Waals surface area contributed by atoms with Crippen molar-refractivity contribution in [1.29, 1.82) is 0 Å². The van der Waals surface area contributed by atoms with Crippen LogP contribution in [0.4, 0.5) is 5.69 Å². The quantitative estimate of drug-likeness (QED) is 0.457. The van der Waals surface area contributed by atoms with Crippen LogP contribution >= 0.6 is 11.3 Å². The van der Waals surface area contributed by atoms with Crippen LogP contribution in [0.5, 0.6) is 11.5 Å². The van der Waals surface area contributed by atoms with Crippen LogP contribution < -0.4 is 9.64 Å². The zero-order valence-corrected chi connectivity index (χ0v) is 19.1. The van der Waals surface area contributed by atoms with Gasteiger partial charge in [-0.15, -0.1) is 11.3 Å². The molecule has 1 aliphatic heterocycles. The predicted molar refractivity (Wildman–Crippen MR) is 126 cm³/mol. The third kappa shape index (κ3) is 4.32. The molecule has 0 bridgehead atoms. The van der Waals surface area contributed by atoms with Gasteiger partial charge >= 0.3 is 0 Å². The first-order chi connectivity index (χ1) is 15.3. The third-order valence-electron chi connectivity index (χ3n) is 5.25. The van der Waals surface area contributed by atoms with Crippen LogP contribution in [0.15, 0.2) is 77.4 Å². The van der Waals surface area contributed by atoms with Crippen LogP contribution in [0.25, 0.3) is 0 Å². The Morgan fingerprint density at radius 2 is 1.84 bits per heavy atom. The maximum absolute atomic E-state index is 13.1. The number of carbonyl (C=O) groups excluding carboxylic acids is 2. The van der Waals surface area contributed by atoms with E-state index in [0.29, 0.717) is 11.4 Å². The molecular formula is C26H25NO4S. The summed E-state index contributed by atoms with van der Waals surface area (Å²) in [4.78, 5) is 28.4. The van der Waals surface area contributed by atoms with Crippen LogP contribution in [0, 0.1) is 12.8 Å². The molecule has 0 radical (unpaired) electrons. The molecule has 1 N–H and O–H groups in total. The van der Waals surface area contributed by atoms with Gasteiger partial charge in [0.15, 0.2) is 11.5 Å². The Morgan fingerprint density at radius 1 is 1.09 bits per heavy atom. The minimum absolute atomic E-state index is 0.119. The van der Waals surface area contributed by atoms with Gasteiger partial charge in [-0.25, -0.2) is 0 Å². The Kier molecular flexibility index (Phi) is 6.15. The first kappa shape index (κ1) is 21.8. The molecular weight excluding hydrogens is 422 g/mol. The molecule has 32 heavy (non-hydrogen) atoms. The number of ether oxygens (including phenoxy) is 1. The van der Waals surface area contributed by atoms with E-state index < -0.39 is 17.7 Å². The van der Waals surface area contributed by atoms with E-state index in [1.54, 1.807) is 24.3 Å². The number of aryl methyl sites for hydroxylation is 1. The number of amides is 1. The van der Waals surface area contributed by atoms with Gasteiger partial charge < -0.3 is 9.84 Å². The van der Waals surface area contributed by atoms with E-state index >= 15 is 0 Å². The highest BCUT2D eigenvalue weighted by atomic mass is 32.1. The van der Waals surface area contributed by atoms with Crippen molar-refractivity contribution in [3.8, 4) is 11.5 Å². The number of thiophene rings is 1. The summed E-state index contributed by atoms with van der Waals surface area (Å²) in [6, 6.07) is 18.0. The monoisotopic (exact) mass is 447 g/mol. The number of aliphatic hydroxyl groups is 1. The lowest BCUT2D eigenvalue weighted by atomic mass is 9.95. The highest BCUT2D eigenvalue weighted by molar-refractivity contribution is 7.10. The van der Waals surface area contributed by atoms with Crippen LogP contribution in [-0.2, 0) is 9.59 Å². The van der Waals surface area contributed by atoms with Crippen LogP contribution in [0.2, 0.25) is 0 Å². The molecule has 2 aromatic carbocycles. The topological polar surface area (TPSA) is 66.8 Å². The van der Waals surface area contributed by atoms with Crippen molar-refractivity contribution in [1.82, 2.24) is 0 Å². The average molecular weight is 448 g/mol. The maximum Gasteiger partial charge on any atom is 0.294 e. The summed E-state index contributed by atoms with van der Waals surface area (Å²) < 4.78 is 5.91. The van der Waals surface area contributed by atoms with E-state index in [2.05, 4.69) is 0 Å². The van der Waals surface area contributed by atoms with Gasteiger partial charge in [0, 0.05) is 17.0 Å². The van der Waals surface area contributed by atoms with E-state index in [1.165, 1.54) is 16.2 Å². The maximum atomic E-state index is 13.1. The zero-order valence-electron chi connectivity index (χ0n) is 18.2. The Hall–Kier alpha value is -3.38. The standard InChI is InChI=1S/C26H25NO4S/c1-16(2)14-21(28)23-24(22-8-5-13-32-22)27(26(30)25(23)29)18-9-11-19(12-10-18)31-20-7-4-6-17(3)15-20/h4-13,15-16,24,29H,14H2,1-3H3. The van der Waals surface area contributed by atoms with Crippen molar-refractivity contribution < 1.29 is 19.4 Å². The SMILES string of the molecule is Cc1cccc(Oc2ccc(N3C(=O)C(O)=C(C(=O)CC(C)C)C3c3cccs3)cc2)c1. The number of benzene rings is 2. The van der Waals surface area contributed by atoms with Crippen LogP contribution in [0.3, 0.4) is 0 Å². The van der Waals surface area contributed by atoms with Gasteiger partial charge in [0.05, 0.1) is 5.57 Å². The Labute approximate surface area is 191 Å². The van der Waals surface area contributed by atoms with E-state index in [9.17, 15) is 14.7 Å². The van der Waals surface area contributed by atoms with Gasteiger partial charge in [0.1, 0.15) is 17.5 Å². The number of anilines is 1. The van der Waals surface area contributed by atoms with Gasteiger partial charge in [-0.2, -0.15) is 0 Å². The molecule has 1 amide bonds. The molecule has 0 saturated heterocycles. The van der Waals surface area contributed by atoms with Crippen LogP contribution in [-0.4, -0.2) is 16.8 Å². The highest BCUT2D eigenvalue weighted by Crippen LogP contribution is 2.43. The molecule has 6 heteroatoms. The summed E-state index contributed by atoms with van der Waals surface area (Å²) in [5.41, 5.74) is 1.86. The molecule has 3 aromatic rings. The third-order valence-corrected chi connectivity index (χ3v) is 6.18. The van der Waals surface area contributed by atoms with Crippen molar-refractivity contribution >= 4 is 28.7 Å². The number of carbonyl (C=O) groups is 2. The molecule has 4 rings (SSSR count). The fourth-order valence-electron chi connectivity index (χ4n) is 3.84. The molecule has 1 aromatic heterocycles. The summed E-state index contributed by atoms with van der Waals surface area (Å²) in [5.74, 6) is 0.247. The first-order valence-corrected chi connectivity index (χ1v) is 11.4. The summed E-state index contributed by atoms with van der Waals surface area (Å²) in [7, 11) is 0. The molecule has 2 heterocycles. The molecule has 1 atom stereocenters. The number of hydrogen-bond acceptors (Lipinski definition) is 5. The highest BCUT2D eigenvalue weighted by Gasteiger charge is 2.44. The number of Topliss-reactive ketones (excluding diaryl/α,β-unsaturated/α-hetero) is 1. The number of aliphatic hydroxyl groups excluding tert-OH is 1. The molecule has 1 aliphatic rings. The van der Waals surface area contributed by atoms with Crippen LogP contribution in [0.1, 0.15) is 36.8 Å². The van der Waals surface area contributed by atoms with Crippen molar-refractivity contribution in [3.63, 3.8) is 0 Å². The number of ketones is 1. The summed E-state index contributed by atoms with van der Waals surface area (Å²) in [5, 5.41) is 12.6. The van der Waals surface area contributed by atoms with Gasteiger partial charge in [0.2, 0.25) is 0 Å². The zero-order chi connectivity index (χ0) is 22.8. The van der Waals surface area contributed by atoms with E-state index in [1.807, 2.05) is 62.5 Å². The van der Waals surface area contributed by atoms with Crippen molar-refractivity contribution in [2.24, 2.45) is 5.92 Å². The minimum Gasteiger partial charge on any atom is -0.503 e. The smallest absolute Gasteiger partial charge is 0.294 e. The summed E-state index contributed by atoms with van der Waals surface area (Å²) >= 11 is 1.45. The molecule has 0 fully saturated rings. The Morgan fingerprint density at radius 3 is 2.47 bits per heavy atom. The van der Waals surface area contributed by atoms with Gasteiger partial charge in [-0.1, -0.05) is 32.0 Å². The van der Waals surface area contributed by atoms with Crippen molar-refractivity contribution in [2.45, 2.75) is 33.2 Å². The fraction of sp³-hybridized carbons (Fsp3) is 0.231. The normalized spacial score (nSPS) is 16.2. The second-order valence-electron chi connectivity index (χ2n) is 8.29. The fourth-order valence-corrected chi connectivity index (χ4v) is 4.67.